The van der Waals surface area contributed by atoms with Crippen LogP contribution in [0.5, 0.6) is 0 Å². The van der Waals surface area contributed by atoms with E-state index in [2.05, 4.69) is 26.1 Å². The van der Waals surface area contributed by atoms with Crippen molar-refractivity contribution in [2.75, 3.05) is 6.54 Å². The summed E-state index contributed by atoms with van der Waals surface area (Å²) in [5.41, 5.74) is 0.342. The first-order chi connectivity index (χ1) is 6.90. The highest BCUT2D eigenvalue weighted by molar-refractivity contribution is 5.69. The third-order valence-electron chi connectivity index (χ3n) is 5.08. The number of carboxylic acids is 1. The maximum Gasteiger partial charge on any atom is 0.317 e. The molecule has 3 unspecified atom stereocenters. The van der Waals surface area contributed by atoms with E-state index >= 15 is 0 Å². The summed E-state index contributed by atoms with van der Waals surface area (Å²) < 4.78 is 0. The zero-order valence-electron chi connectivity index (χ0n) is 9.84. The van der Waals surface area contributed by atoms with Gasteiger partial charge in [0.1, 0.15) is 0 Å². The van der Waals surface area contributed by atoms with Crippen molar-refractivity contribution in [1.29, 1.82) is 0 Å². The van der Waals surface area contributed by atoms with Gasteiger partial charge >= 0.3 is 5.97 Å². The van der Waals surface area contributed by atoms with Crippen LogP contribution in [0.4, 0.5) is 0 Å². The smallest absolute Gasteiger partial charge is 0.317 e. The van der Waals surface area contributed by atoms with Gasteiger partial charge in [-0.05, 0) is 36.5 Å². The summed E-state index contributed by atoms with van der Waals surface area (Å²) in [6.07, 6.45) is 3.71. The van der Waals surface area contributed by atoms with Crippen LogP contribution in [-0.4, -0.2) is 23.2 Å². The first-order valence-corrected chi connectivity index (χ1v) is 5.87. The predicted molar refractivity (Wildman–Crippen MR) is 58.7 cm³/mol. The van der Waals surface area contributed by atoms with Gasteiger partial charge in [-0.25, -0.2) is 0 Å². The molecule has 0 heterocycles. The van der Waals surface area contributed by atoms with Crippen molar-refractivity contribution in [2.24, 2.45) is 17.3 Å². The van der Waals surface area contributed by atoms with Gasteiger partial charge in [0.05, 0.1) is 6.54 Å². The molecule has 0 saturated heterocycles. The molecule has 0 amide bonds. The lowest BCUT2D eigenvalue weighted by molar-refractivity contribution is -0.155. The van der Waals surface area contributed by atoms with Crippen LogP contribution >= 0.6 is 0 Å². The van der Waals surface area contributed by atoms with Gasteiger partial charge in [0.25, 0.3) is 0 Å². The SMILES string of the molecule is CC1CCC2CC1(NCC(=O)O)C2(C)C. The Kier molecular flexibility index (Phi) is 2.34. The molecule has 0 radical (unpaired) electrons. The molecule has 3 fully saturated rings. The van der Waals surface area contributed by atoms with E-state index in [4.69, 9.17) is 5.11 Å². The summed E-state index contributed by atoms with van der Waals surface area (Å²) in [7, 11) is 0. The minimum atomic E-state index is -0.749. The Hall–Kier alpha value is -0.570. The zero-order chi connectivity index (χ0) is 11.3. The van der Waals surface area contributed by atoms with Crippen LogP contribution in [0.15, 0.2) is 0 Å². The van der Waals surface area contributed by atoms with E-state index in [0.29, 0.717) is 5.92 Å². The van der Waals surface area contributed by atoms with Crippen LogP contribution in [0, 0.1) is 17.3 Å². The summed E-state index contributed by atoms with van der Waals surface area (Å²) in [4.78, 5) is 10.7. The Morgan fingerprint density at radius 1 is 1.47 bits per heavy atom. The van der Waals surface area contributed by atoms with Gasteiger partial charge in [-0.2, -0.15) is 0 Å². The maximum absolute atomic E-state index is 10.7. The largest absolute Gasteiger partial charge is 0.480 e. The second kappa shape index (κ2) is 3.21. The minimum absolute atomic E-state index is 0.0777. The van der Waals surface area contributed by atoms with Gasteiger partial charge in [-0.3, -0.25) is 4.79 Å². The van der Waals surface area contributed by atoms with E-state index in [0.717, 1.165) is 12.3 Å². The molecule has 3 aliphatic rings. The van der Waals surface area contributed by atoms with Crippen LogP contribution in [0.2, 0.25) is 0 Å². The number of carboxylic acid groups (broad SMARTS) is 1. The number of fused-ring (bicyclic) bond motifs is 2. The molecule has 3 atom stereocenters. The maximum atomic E-state index is 10.7. The summed E-state index contributed by atoms with van der Waals surface area (Å²) in [6, 6.07) is 0. The molecule has 3 rings (SSSR count). The molecule has 2 bridgehead atoms. The Bertz CT molecular complexity index is 287. The number of hydrogen-bond acceptors (Lipinski definition) is 2. The lowest BCUT2D eigenvalue weighted by Crippen LogP contribution is -2.74. The summed E-state index contributed by atoms with van der Waals surface area (Å²) in [6.45, 7) is 6.92. The van der Waals surface area contributed by atoms with Crippen LogP contribution < -0.4 is 5.32 Å². The third-order valence-corrected chi connectivity index (χ3v) is 5.08. The van der Waals surface area contributed by atoms with E-state index in [1.165, 1.54) is 12.8 Å². The van der Waals surface area contributed by atoms with E-state index in [1.54, 1.807) is 0 Å². The van der Waals surface area contributed by atoms with E-state index in [9.17, 15) is 4.79 Å². The Labute approximate surface area is 91.2 Å². The second-order valence-electron chi connectivity index (χ2n) is 5.82. The monoisotopic (exact) mass is 211 g/mol. The molecule has 3 nitrogen and oxygen atoms in total. The fourth-order valence-electron chi connectivity index (χ4n) is 3.84. The predicted octanol–water partition coefficient (Wildman–Crippen LogP) is 1.88. The molecule has 0 aliphatic heterocycles. The lowest BCUT2D eigenvalue weighted by Gasteiger charge is -2.68. The van der Waals surface area contributed by atoms with E-state index in [1.807, 2.05) is 0 Å². The van der Waals surface area contributed by atoms with Crippen LogP contribution in [0.3, 0.4) is 0 Å². The van der Waals surface area contributed by atoms with Crippen molar-refractivity contribution in [3.63, 3.8) is 0 Å². The molecule has 0 aromatic heterocycles. The molecule has 86 valence electrons. The summed E-state index contributed by atoms with van der Waals surface area (Å²) in [5.74, 6) is 0.633. The first-order valence-electron chi connectivity index (χ1n) is 5.87. The molecular formula is C12H21NO2. The fraction of sp³-hybridized carbons (Fsp3) is 0.917. The average molecular weight is 211 g/mol. The van der Waals surface area contributed by atoms with Crippen molar-refractivity contribution in [1.82, 2.24) is 5.32 Å². The molecule has 3 heteroatoms. The van der Waals surface area contributed by atoms with Gasteiger partial charge in [0, 0.05) is 5.54 Å². The molecule has 2 N–H and O–H groups in total. The van der Waals surface area contributed by atoms with Crippen LogP contribution in [-0.2, 0) is 4.79 Å². The first kappa shape index (κ1) is 10.9. The summed E-state index contributed by atoms with van der Waals surface area (Å²) >= 11 is 0. The van der Waals surface area contributed by atoms with E-state index in [-0.39, 0.29) is 17.5 Å². The normalized spacial score (nSPS) is 42.1. The number of carbonyl (C=O) groups is 1. The van der Waals surface area contributed by atoms with Crippen molar-refractivity contribution in [3.05, 3.63) is 0 Å². The molecule has 3 saturated carbocycles. The number of hydrogen-bond donors (Lipinski definition) is 2. The molecular weight excluding hydrogens is 190 g/mol. The quantitative estimate of drug-likeness (QED) is 0.749. The van der Waals surface area contributed by atoms with Crippen molar-refractivity contribution in [2.45, 2.75) is 45.6 Å². The molecule has 3 aliphatic carbocycles. The van der Waals surface area contributed by atoms with Gasteiger partial charge in [-0.1, -0.05) is 20.8 Å². The van der Waals surface area contributed by atoms with Gasteiger partial charge in [-0.15, -0.1) is 0 Å². The Balaban J connectivity index is 2.13. The highest BCUT2D eigenvalue weighted by atomic mass is 16.4. The molecule has 0 aromatic carbocycles. The van der Waals surface area contributed by atoms with Gasteiger partial charge in [0.2, 0.25) is 0 Å². The Morgan fingerprint density at radius 3 is 2.60 bits per heavy atom. The van der Waals surface area contributed by atoms with Gasteiger partial charge < -0.3 is 10.4 Å². The van der Waals surface area contributed by atoms with E-state index < -0.39 is 5.97 Å². The second-order valence-corrected chi connectivity index (χ2v) is 5.82. The number of aliphatic carboxylic acids is 1. The average Bonchev–Trinajstić information content (AvgIpc) is 2.15. The van der Waals surface area contributed by atoms with Crippen LogP contribution in [0.25, 0.3) is 0 Å². The van der Waals surface area contributed by atoms with Crippen LogP contribution in [0.1, 0.15) is 40.0 Å². The number of rotatable bonds is 3. The molecule has 0 spiro atoms. The lowest BCUT2D eigenvalue weighted by atomic mass is 9.41. The zero-order valence-corrected chi connectivity index (χ0v) is 9.84. The Morgan fingerprint density at radius 2 is 2.13 bits per heavy atom. The summed E-state index contributed by atoms with van der Waals surface area (Å²) in [5, 5.41) is 12.1. The fourth-order valence-corrected chi connectivity index (χ4v) is 3.84. The minimum Gasteiger partial charge on any atom is -0.480 e. The van der Waals surface area contributed by atoms with Crippen molar-refractivity contribution in [3.8, 4) is 0 Å². The van der Waals surface area contributed by atoms with Crippen molar-refractivity contribution >= 4 is 5.97 Å². The standard InChI is InChI=1S/C12H21NO2/c1-8-4-5-9-6-12(8,11(9,2)3)13-7-10(14)15/h8-9,13H,4-7H2,1-3H3,(H,14,15). The highest BCUT2D eigenvalue weighted by Gasteiger charge is 2.64. The highest BCUT2D eigenvalue weighted by Crippen LogP contribution is 2.63. The topological polar surface area (TPSA) is 49.3 Å². The number of nitrogens with one attached hydrogen (secondary N) is 1. The molecule has 15 heavy (non-hydrogen) atoms. The molecule has 0 aromatic rings. The third kappa shape index (κ3) is 1.32. The van der Waals surface area contributed by atoms with Crippen molar-refractivity contribution < 1.29 is 9.90 Å². The van der Waals surface area contributed by atoms with Gasteiger partial charge in [0.15, 0.2) is 0 Å².